The number of aryl methyl sites for hydroxylation is 1. The molecule has 0 bridgehead atoms. The summed E-state index contributed by atoms with van der Waals surface area (Å²) in [6.07, 6.45) is 5.33. The highest BCUT2D eigenvalue weighted by Gasteiger charge is 2.19. The molecule has 1 aromatic heterocycles. The maximum Gasteiger partial charge on any atom is 0.251 e. The second-order valence-corrected chi connectivity index (χ2v) is 8.66. The normalized spacial score (nSPS) is 13.2. The van der Waals surface area contributed by atoms with E-state index in [0.29, 0.717) is 12.1 Å². The van der Waals surface area contributed by atoms with E-state index >= 15 is 0 Å². The van der Waals surface area contributed by atoms with E-state index in [4.69, 9.17) is 0 Å². The van der Waals surface area contributed by atoms with Gasteiger partial charge in [-0.3, -0.25) is 9.89 Å². The average Bonchev–Trinajstić information content (AvgIpc) is 3.40. The molecule has 0 unspecified atom stereocenters. The van der Waals surface area contributed by atoms with Crippen molar-refractivity contribution in [1.29, 1.82) is 0 Å². The maximum absolute atomic E-state index is 13.3. The highest BCUT2D eigenvalue weighted by Crippen LogP contribution is 2.24. The lowest BCUT2D eigenvalue weighted by atomic mass is 10.1. The Labute approximate surface area is 205 Å². The van der Waals surface area contributed by atoms with Gasteiger partial charge in [-0.2, -0.15) is 5.10 Å². The first-order valence-corrected chi connectivity index (χ1v) is 11.8. The predicted molar refractivity (Wildman–Crippen MR) is 137 cm³/mol. The van der Waals surface area contributed by atoms with E-state index in [1.807, 2.05) is 31.3 Å². The number of aromatic nitrogens is 2. The number of halogens is 1. The van der Waals surface area contributed by atoms with Crippen molar-refractivity contribution < 1.29 is 9.18 Å². The zero-order valence-corrected chi connectivity index (χ0v) is 20.0. The molecule has 4 rings (SSSR count). The third-order valence-electron chi connectivity index (χ3n) is 6.09. The molecule has 1 amide bonds. The summed E-state index contributed by atoms with van der Waals surface area (Å²) in [5.41, 5.74) is 5.26. The molecule has 0 atom stereocenters. The second kappa shape index (κ2) is 11.4. The molecule has 180 valence electrons. The first kappa shape index (κ1) is 24.1. The number of anilines is 1. The molecule has 1 aliphatic heterocycles. The van der Waals surface area contributed by atoms with Crippen LogP contribution in [0.5, 0.6) is 0 Å². The second-order valence-electron chi connectivity index (χ2n) is 8.66. The van der Waals surface area contributed by atoms with Crippen LogP contribution in [0.3, 0.4) is 0 Å². The first-order valence-electron chi connectivity index (χ1n) is 11.8. The van der Waals surface area contributed by atoms with Gasteiger partial charge in [0.25, 0.3) is 5.91 Å². The molecule has 1 saturated heterocycles. The molecule has 2 heterocycles. The van der Waals surface area contributed by atoms with Gasteiger partial charge in [0.1, 0.15) is 5.82 Å². The number of nitrogens with zero attached hydrogens (tertiary/aromatic N) is 3. The van der Waals surface area contributed by atoms with Crippen LogP contribution in [-0.4, -0.2) is 53.7 Å². The molecule has 0 saturated carbocycles. The van der Waals surface area contributed by atoms with Gasteiger partial charge in [-0.25, -0.2) is 4.39 Å². The van der Waals surface area contributed by atoms with Crippen LogP contribution in [0, 0.1) is 17.7 Å². The number of H-pyrrole nitrogens is 1. The standard InChI is InChI=1S/C28H30FN5O/c1-21(2)33-14-16-34(17-15-33)27-12-9-25(28(35)30-13-3-4-23-19-31-32-20-23)18-24(27)8-5-22-6-10-26(29)11-7-22/h6-7,9-12,18-20H,1,3-4,13-17H2,2H3,(H,30,35)(H,31,32). The fourth-order valence-corrected chi connectivity index (χ4v) is 4.07. The van der Waals surface area contributed by atoms with E-state index in [1.165, 1.54) is 12.1 Å². The summed E-state index contributed by atoms with van der Waals surface area (Å²) in [7, 11) is 0. The Morgan fingerprint density at radius 2 is 1.91 bits per heavy atom. The van der Waals surface area contributed by atoms with Gasteiger partial charge in [-0.05, 0) is 67.8 Å². The summed E-state index contributed by atoms with van der Waals surface area (Å²) < 4.78 is 13.3. The van der Waals surface area contributed by atoms with E-state index in [1.54, 1.807) is 18.3 Å². The lowest BCUT2D eigenvalue weighted by molar-refractivity contribution is 0.0953. The monoisotopic (exact) mass is 471 g/mol. The van der Waals surface area contributed by atoms with Crippen LogP contribution in [0.4, 0.5) is 10.1 Å². The zero-order valence-electron chi connectivity index (χ0n) is 20.0. The number of carbonyl (C=O) groups excluding carboxylic acids is 1. The van der Waals surface area contributed by atoms with Crippen LogP contribution in [-0.2, 0) is 6.42 Å². The van der Waals surface area contributed by atoms with Gasteiger partial charge in [0.05, 0.1) is 11.9 Å². The van der Waals surface area contributed by atoms with Crippen molar-refractivity contribution in [1.82, 2.24) is 20.4 Å². The fourth-order valence-electron chi connectivity index (χ4n) is 4.07. The number of hydrogen-bond acceptors (Lipinski definition) is 4. The lowest BCUT2D eigenvalue weighted by Gasteiger charge is -2.38. The highest BCUT2D eigenvalue weighted by molar-refractivity contribution is 5.95. The molecule has 0 aliphatic carbocycles. The largest absolute Gasteiger partial charge is 0.372 e. The topological polar surface area (TPSA) is 64.3 Å². The van der Waals surface area contributed by atoms with Crippen LogP contribution in [0.2, 0.25) is 0 Å². The Morgan fingerprint density at radius 1 is 1.14 bits per heavy atom. The number of benzene rings is 2. The third kappa shape index (κ3) is 6.51. The molecular weight excluding hydrogens is 441 g/mol. The SMILES string of the molecule is C=C(C)N1CCN(c2ccc(C(=O)NCCCc3cn[nH]c3)cc2C#Cc2ccc(F)cc2)CC1. The number of allylic oxidation sites excluding steroid dienone is 1. The molecule has 2 N–H and O–H groups in total. The quantitative estimate of drug-likeness (QED) is 0.404. The van der Waals surface area contributed by atoms with Crippen molar-refractivity contribution in [2.45, 2.75) is 19.8 Å². The van der Waals surface area contributed by atoms with E-state index in [9.17, 15) is 9.18 Å². The lowest BCUT2D eigenvalue weighted by Crippen LogP contribution is -2.45. The van der Waals surface area contributed by atoms with Crippen LogP contribution in [0.1, 0.15) is 40.4 Å². The van der Waals surface area contributed by atoms with Crippen LogP contribution in [0.25, 0.3) is 0 Å². The summed E-state index contributed by atoms with van der Waals surface area (Å²) in [6, 6.07) is 11.8. The van der Waals surface area contributed by atoms with Crippen molar-refractivity contribution in [3.05, 3.63) is 95.2 Å². The van der Waals surface area contributed by atoms with Gasteiger partial charge in [0, 0.05) is 61.3 Å². The van der Waals surface area contributed by atoms with Gasteiger partial charge >= 0.3 is 0 Å². The Hall–Kier alpha value is -4.05. The molecule has 0 radical (unpaired) electrons. The minimum atomic E-state index is -0.293. The minimum Gasteiger partial charge on any atom is -0.372 e. The number of piperazine rings is 1. The molecular formula is C28H30FN5O. The first-order chi connectivity index (χ1) is 17.0. The van der Waals surface area contributed by atoms with E-state index in [2.05, 4.69) is 43.7 Å². The van der Waals surface area contributed by atoms with E-state index in [-0.39, 0.29) is 11.7 Å². The Balaban J connectivity index is 1.50. The zero-order chi connectivity index (χ0) is 24.6. The van der Waals surface area contributed by atoms with Gasteiger partial charge in [0.2, 0.25) is 0 Å². The Kier molecular flexibility index (Phi) is 7.84. The molecule has 0 spiro atoms. The highest BCUT2D eigenvalue weighted by atomic mass is 19.1. The fraction of sp³-hybridized carbons (Fsp3) is 0.286. The van der Waals surface area contributed by atoms with Crippen molar-refractivity contribution in [2.24, 2.45) is 0 Å². The van der Waals surface area contributed by atoms with Gasteiger partial charge in [-0.15, -0.1) is 0 Å². The Bertz CT molecular complexity index is 1220. The smallest absolute Gasteiger partial charge is 0.251 e. The third-order valence-corrected chi connectivity index (χ3v) is 6.09. The van der Waals surface area contributed by atoms with Crippen molar-refractivity contribution >= 4 is 11.6 Å². The molecule has 1 aliphatic rings. The average molecular weight is 472 g/mol. The number of amides is 1. The van der Waals surface area contributed by atoms with Crippen molar-refractivity contribution in [3.8, 4) is 11.8 Å². The maximum atomic E-state index is 13.3. The molecule has 7 heteroatoms. The van der Waals surface area contributed by atoms with Crippen molar-refractivity contribution in [3.63, 3.8) is 0 Å². The molecule has 35 heavy (non-hydrogen) atoms. The van der Waals surface area contributed by atoms with Gasteiger partial charge in [0.15, 0.2) is 0 Å². The summed E-state index contributed by atoms with van der Waals surface area (Å²) in [5, 5.41) is 9.74. The molecule has 3 aromatic rings. The summed E-state index contributed by atoms with van der Waals surface area (Å²) in [5.74, 6) is 5.93. The minimum absolute atomic E-state index is 0.124. The van der Waals surface area contributed by atoms with E-state index in [0.717, 1.165) is 67.1 Å². The van der Waals surface area contributed by atoms with Crippen molar-refractivity contribution in [2.75, 3.05) is 37.6 Å². The summed E-state index contributed by atoms with van der Waals surface area (Å²) in [6.45, 7) is 10.1. The number of nitrogens with one attached hydrogen (secondary N) is 2. The van der Waals surface area contributed by atoms with Crippen LogP contribution < -0.4 is 10.2 Å². The predicted octanol–water partition coefficient (Wildman–Crippen LogP) is 3.97. The molecule has 6 nitrogen and oxygen atoms in total. The van der Waals surface area contributed by atoms with Gasteiger partial charge in [-0.1, -0.05) is 18.4 Å². The number of rotatable bonds is 7. The van der Waals surface area contributed by atoms with Crippen LogP contribution >= 0.6 is 0 Å². The summed E-state index contributed by atoms with van der Waals surface area (Å²) in [4.78, 5) is 17.4. The Morgan fingerprint density at radius 3 is 2.60 bits per heavy atom. The summed E-state index contributed by atoms with van der Waals surface area (Å²) >= 11 is 0. The van der Waals surface area contributed by atoms with Crippen LogP contribution in [0.15, 0.2) is 67.1 Å². The van der Waals surface area contributed by atoms with E-state index < -0.39 is 0 Å². The van der Waals surface area contributed by atoms with Gasteiger partial charge < -0.3 is 15.1 Å². The number of hydrogen-bond donors (Lipinski definition) is 2. The molecule has 2 aromatic carbocycles. The number of aromatic amines is 1. The molecule has 1 fully saturated rings. The number of carbonyl (C=O) groups is 1.